The number of halogens is 1. The molecule has 0 aromatic rings. The molecule has 0 bridgehead atoms. The van der Waals surface area contributed by atoms with Crippen LogP contribution in [0.3, 0.4) is 0 Å². The van der Waals surface area contributed by atoms with E-state index in [1.54, 1.807) is 14.0 Å². The first-order valence-electron chi connectivity index (χ1n) is 5.87. The van der Waals surface area contributed by atoms with Crippen molar-refractivity contribution in [2.75, 3.05) is 13.6 Å². The molecule has 0 heterocycles. The molecule has 5 heteroatoms. The van der Waals surface area contributed by atoms with Crippen LogP contribution in [0, 0.1) is 0 Å². The quantitative estimate of drug-likeness (QED) is 0.731. The standard InChI is InChI=1S/C11H21FN2O2/c1-9(8-13-2)14(10(15)16)11(12)6-4-3-5-7-11/h9,13H,3-8H2,1-2H3,(H,15,16). The van der Waals surface area contributed by atoms with Gasteiger partial charge in [0.15, 0.2) is 5.79 Å². The second kappa shape index (κ2) is 5.48. The van der Waals surface area contributed by atoms with Crippen LogP contribution in [0.15, 0.2) is 0 Å². The maximum atomic E-state index is 14.6. The SMILES string of the molecule is CNCC(C)N(C(=O)O)C1(F)CCCCC1. The minimum atomic E-state index is -1.67. The highest BCUT2D eigenvalue weighted by Gasteiger charge is 2.43. The number of carbonyl (C=O) groups is 1. The van der Waals surface area contributed by atoms with E-state index < -0.39 is 11.9 Å². The van der Waals surface area contributed by atoms with Crippen molar-refractivity contribution in [1.82, 2.24) is 10.2 Å². The molecule has 1 aliphatic rings. The van der Waals surface area contributed by atoms with E-state index in [4.69, 9.17) is 5.11 Å². The van der Waals surface area contributed by atoms with Gasteiger partial charge in [0.1, 0.15) is 0 Å². The number of hydrogen-bond acceptors (Lipinski definition) is 2. The van der Waals surface area contributed by atoms with Crippen LogP contribution in [0.1, 0.15) is 39.0 Å². The molecule has 0 aliphatic heterocycles. The van der Waals surface area contributed by atoms with Crippen LogP contribution in [-0.2, 0) is 0 Å². The Bertz CT molecular complexity index is 242. The van der Waals surface area contributed by atoms with Gasteiger partial charge in [0, 0.05) is 25.4 Å². The van der Waals surface area contributed by atoms with Gasteiger partial charge in [-0.3, -0.25) is 4.90 Å². The van der Waals surface area contributed by atoms with Gasteiger partial charge in [0.25, 0.3) is 0 Å². The van der Waals surface area contributed by atoms with Gasteiger partial charge in [-0.05, 0) is 26.8 Å². The summed E-state index contributed by atoms with van der Waals surface area (Å²) >= 11 is 0. The zero-order chi connectivity index (χ0) is 12.2. The molecule has 1 aliphatic carbocycles. The minimum Gasteiger partial charge on any atom is -0.465 e. The molecule has 1 amide bonds. The van der Waals surface area contributed by atoms with Crippen molar-refractivity contribution in [1.29, 1.82) is 0 Å². The monoisotopic (exact) mass is 232 g/mol. The normalized spacial score (nSPS) is 21.4. The second-order valence-electron chi connectivity index (χ2n) is 4.54. The summed E-state index contributed by atoms with van der Waals surface area (Å²) in [5.74, 6) is -1.67. The van der Waals surface area contributed by atoms with E-state index in [9.17, 15) is 9.18 Å². The molecule has 1 fully saturated rings. The molecular formula is C11H21FN2O2. The van der Waals surface area contributed by atoms with Crippen molar-refractivity contribution >= 4 is 6.09 Å². The average molecular weight is 232 g/mol. The highest BCUT2D eigenvalue weighted by Crippen LogP contribution is 2.36. The molecule has 1 saturated carbocycles. The first kappa shape index (κ1) is 13.2. The molecular weight excluding hydrogens is 211 g/mol. The van der Waals surface area contributed by atoms with E-state index in [1.807, 2.05) is 0 Å². The predicted octanol–water partition coefficient (Wildman–Crippen LogP) is 2.20. The fourth-order valence-corrected chi connectivity index (χ4v) is 2.48. The third kappa shape index (κ3) is 2.84. The number of rotatable bonds is 4. The van der Waals surface area contributed by atoms with Crippen molar-refractivity contribution in [3.05, 3.63) is 0 Å². The molecule has 0 aromatic heterocycles. The maximum absolute atomic E-state index is 14.6. The van der Waals surface area contributed by atoms with E-state index in [-0.39, 0.29) is 6.04 Å². The summed E-state index contributed by atoms with van der Waals surface area (Å²) in [4.78, 5) is 12.2. The molecule has 1 unspecified atom stereocenters. The summed E-state index contributed by atoms with van der Waals surface area (Å²) in [6, 6.07) is -0.342. The van der Waals surface area contributed by atoms with E-state index in [0.717, 1.165) is 24.2 Å². The van der Waals surface area contributed by atoms with Crippen LogP contribution in [0.25, 0.3) is 0 Å². The summed E-state index contributed by atoms with van der Waals surface area (Å²) in [6.45, 7) is 2.21. The number of likely N-dealkylation sites (N-methyl/N-ethyl adjacent to an activating group) is 1. The Balaban J connectivity index is 2.78. The molecule has 0 radical (unpaired) electrons. The van der Waals surface area contributed by atoms with Gasteiger partial charge in [0.05, 0.1) is 0 Å². The third-order valence-corrected chi connectivity index (χ3v) is 3.20. The van der Waals surface area contributed by atoms with E-state index in [2.05, 4.69) is 5.32 Å². The predicted molar refractivity (Wildman–Crippen MR) is 60.2 cm³/mol. The fraction of sp³-hybridized carbons (Fsp3) is 0.909. The topological polar surface area (TPSA) is 52.6 Å². The third-order valence-electron chi connectivity index (χ3n) is 3.20. The smallest absolute Gasteiger partial charge is 0.410 e. The van der Waals surface area contributed by atoms with E-state index in [0.29, 0.717) is 19.4 Å². The molecule has 1 rings (SSSR count). The van der Waals surface area contributed by atoms with E-state index in [1.165, 1.54) is 0 Å². The van der Waals surface area contributed by atoms with Crippen molar-refractivity contribution < 1.29 is 14.3 Å². The number of nitrogens with zero attached hydrogens (tertiary/aromatic N) is 1. The Morgan fingerprint density at radius 1 is 1.50 bits per heavy atom. The Morgan fingerprint density at radius 3 is 2.50 bits per heavy atom. The molecule has 0 saturated heterocycles. The van der Waals surface area contributed by atoms with Gasteiger partial charge < -0.3 is 10.4 Å². The van der Waals surface area contributed by atoms with Gasteiger partial charge in [-0.2, -0.15) is 0 Å². The number of hydrogen-bond donors (Lipinski definition) is 2. The molecule has 0 aromatic carbocycles. The first-order valence-corrected chi connectivity index (χ1v) is 5.87. The summed E-state index contributed by atoms with van der Waals surface area (Å²) < 4.78 is 14.6. The number of amides is 1. The van der Waals surface area contributed by atoms with Crippen LogP contribution in [-0.4, -0.2) is 41.5 Å². The lowest BCUT2D eigenvalue weighted by Gasteiger charge is -2.41. The van der Waals surface area contributed by atoms with Crippen LogP contribution >= 0.6 is 0 Å². The number of nitrogens with one attached hydrogen (secondary N) is 1. The maximum Gasteiger partial charge on any atom is 0.410 e. The average Bonchev–Trinajstić information content (AvgIpc) is 2.17. The lowest BCUT2D eigenvalue weighted by Crippen LogP contribution is -2.55. The Hall–Kier alpha value is -0.840. The number of alkyl halides is 1. The zero-order valence-corrected chi connectivity index (χ0v) is 10.0. The summed E-state index contributed by atoms with van der Waals surface area (Å²) in [5, 5.41) is 12.0. The fourth-order valence-electron chi connectivity index (χ4n) is 2.48. The van der Waals surface area contributed by atoms with Gasteiger partial charge in [0.2, 0.25) is 0 Å². The highest BCUT2D eigenvalue weighted by molar-refractivity contribution is 5.66. The van der Waals surface area contributed by atoms with Gasteiger partial charge >= 0.3 is 6.09 Å². The van der Waals surface area contributed by atoms with E-state index >= 15 is 0 Å². The van der Waals surface area contributed by atoms with Gasteiger partial charge in [-0.25, -0.2) is 9.18 Å². The summed E-state index contributed by atoms with van der Waals surface area (Å²) in [7, 11) is 1.74. The van der Waals surface area contributed by atoms with Gasteiger partial charge in [-0.15, -0.1) is 0 Å². The summed E-state index contributed by atoms with van der Waals surface area (Å²) in [6.07, 6.45) is 2.03. The van der Waals surface area contributed by atoms with Crippen molar-refractivity contribution in [2.45, 2.75) is 50.9 Å². The second-order valence-corrected chi connectivity index (χ2v) is 4.54. The highest BCUT2D eigenvalue weighted by atomic mass is 19.1. The minimum absolute atomic E-state index is 0.327. The molecule has 2 N–H and O–H groups in total. The lowest BCUT2D eigenvalue weighted by molar-refractivity contribution is -0.0652. The number of carboxylic acid groups (broad SMARTS) is 1. The van der Waals surface area contributed by atoms with Crippen LogP contribution < -0.4 is 5.32 Å². The lowest BCUT2D eigenvalue weighted by atomic mass is 9.91. The Morgan fingerprint density at radius 2 is 2.06 bits per heavy atom. The first-order chi connectivity index (χ1) is 7.51. The van der Waals surface area contributed by atoms with Crippen molar-refractivity contribution in [3.8, 4) is 0 Å². The largest absolute Gasteiger partial charge is 0.465 e. The molecule has 94 valence electrons. The van der Waals surface area contributed by atoms with Crippen LogP contribution in [0.2, 0.25) is 0 Å². The Labute approximate surface area is 95.8 Å². The molecule has 1 atom stereocenters. The summed E-state index contributed by atoms with van der Waals surface area (Å²) in [5.41, 5.74) is 0. The zero-order valence-electron chi connectivity index (χ0n) is 10.0. The van der Waals surface area contributed by atoms with Crippen molar-refractivity contribution in [2.24, 2.45) is 0 Å². The molecule has 4 nitrogen and oxygen atoms in total. The van der Waals surface area contributed by atoms with Crippen LogP contribution in [0.5, 0.6) is 0 Å². The molecule has 0 spiro atoms. The van der Waals surface area contributed by atoms with Gasteiger partial charge in [-0.1, -0.05) is 6.42 Å². The van der Waals surface area contributed by atoms with Crippen molar-refractivity contribution in [3.63, 3.8) is 0 Å². The Kier molecular flexibility index (Phi) is 4.53. The molecule has 16 heavy (non-hydrogen) atoms. The van der Waals surface area contributed by atoms with Crippen LogP contribution in [0.4, 0.5) is 9.18 Å².